The highest BCUT2D eigenvalue weighted by Crippen LogP contribution is 2.17. The Morgan fingerprint density at radius 2 is 2.05 bits per heavy atom. The van der Waals surface area contributed by atoms with Crippen LogP contribution < -0.4 is 4.72 Å². The molecule has 1 aromatic carbocycles. The Bertz CT molecular complexity index is 868. The minimum atomic E-state index is -3.93. The molecular formula is C13H11FN4O2S. The Morgan fingerprint density at radius 1 is 1.24 bits per heavy atom. The first-order chi connectivity index (χ1) is 9.94. The number of halogens is 1. The monoisotopic (exact) mass is 306 g/mol. The highest BCUT2D eigenvalue weighted by molar-refractivity contribution is 7.92. The van der Waals surface area contributed by atoms with Crippen LogP contribution in [0.1, 0.15) is 5.56 Å². The van der Waals surface area contributed by atoms with Crippen LogP contribution in [0.15, 0.2) is 47.5 Å². The van der Waals surface area contributed by atoms with Crippen molar-refractivity contribution in [3.8, 4) is 0 Å². The summed E-state index contributed by atoms with van der Waals surface area (Å²) in [6, 6.07) is 8.78. The summed E-state index contributed by atoms with van der Waals surface area (Å²) in [5.41, 5.74) is 1.02. The summed E-state index contributed by atoms with van der Waals surface area (Å²) in [5, 5.41) is 3.99. The average Bonchev–Trinajstić information content (AvgIpc) is 2.78. The maximum absolute atomic E-state index is 13.3. The number of pyridine rings is 1. The molecule has 1 N–H and O–H groups in total. The Morgan fingerprint density at radius 3 is 2.76 bits per heavy atom. The maximum atomic E-state index is 13.3. The molecule has 8 heteroatoms. The van der Waals surface area contributed by atoms with E-state index in [4.69, 9.17) is 0 Å². The molecule has 108 valence electrons. The van der Waals surface area contributed by atoms with Gasteiger partial charge in [0.2, 0.25) is 0 Å². The number of hydrogen-bond donors (Lipinski definition) is 1. The molecule has 0 saturated heterocycles. The molecule has 0 atom stereocenters. The third-order valence-corrected chi connectivity index (χ3v) is 4.10. The number of anilines is 1. The number of nitrogens with one attached hydrogen (secondary N) is 1. The molecule has 2 heterocycles. The standard InChI is InChI=1S/C13H11FN4O2S/c1-9-6-10(14)8-11(7-9)21(19,20)17-13-15-12-4-2-3-5-18(12)16-13/h2-8H,1H3,(H,16,17). The fraction of sp³-hybridized carbons (Fsp3) is 0.0769. The summed E-state index contributed by atoms with van der Waals surface area (Å²) >= 11 is 0. The van der Waals surface area contributed by atoms with Crippen molar-refractivity contribution in [2.45, 2.75) is 11.8 Å². The van der Waals surface area contributed by atoms with Crippen molar-refractivity contribution in [2.24, 2.45) is 0 Å². The SMILES string of the molecule is Cc1cc(F)cc(S(=O)(=O)Nc2nc3ccccn3n2)c1. The van der Waals surface area contributed by atoms with Crippen LogP contribution in [0.25, 0.3) is 5.65 Å². The number of aryl methyl sites for hydroxylation is 1. The predicted molar refractivity (Wildman–Crippen MR) is 74.9 cm³/mol. The number of fused-ring (bicyclic) bond motifs is 1. The lowest BCUT2D eigenvalue weighted by atomic mass is 10.2. The van der Waals surface area contributed by atoms with Crippen LogP contribution >= 0.6 is 0 Å². The molecule has 0 fully saturated rings. The van der Waals surface area contributed by atoms with Crippen LogP contribution in [0, 0.1) is 12.7 Å². The van der Waals surface area contributed by atoms with E-state index in [2.05, 4.69) is 14.8 Å². The van der Waals surface area contributed by atoms with Gasteiger partial charge in [0.1, 0.15) is 5.82 Å². The van der Waals surface area contributed by atoms with Gasteiger partial charge >= 0.3 is 0 Å². The zero-order chi connectivity index (χ0) is 15.0. The lowest BCUT2D eigenvalue weighted by molar-refractivity contribution is 0.594. The smallest absolute Gasteiger partial charge is 0.246 e. The van der Waals surface area contributed by atoms with Gasteiger partial charge in [-0.3, -0.25) is 0 Å². The van der Waals surface area contributed by atoms with E-state index < -0.39 is 15.8 Å². The van der Waals surface area contributed by atoms with E-state index in [1.165, 1.54) is 16.6 Å². The highest BCUT2D eigenvalue weighted by atomic mass is 32.2. The van der Waals surface area contributed by atoms with E-state index >= 15 is 0 Å². The van der Waals surface area contributed by atoms with Crippen LogP contribution in [0.3, 0.4) is 0 Å². The topological polar surface area (TPSA) is 76.4 Å². The Balaban J connectivity index is 1.98. The molecule has 0 unspecified atom stereocenters. The largest absolute Gasteiger partial charge is 0.264 e. The second-order valence-electron chi connectivity index (χ2n) is 4.51. The third kappa shape index (κ3) is 2.70. The van der Waals surface area contributed by atoms with Crippen molar-refractivity contribution in [1.82, 2.24) is 14.6 Å². The van der Waals surface area contributed by atoms with Gasteiger partial charge in [-0.15, -0.1) is 5.10 Å². The van der Waals surface area contributed by atoms with Gasteiger partial charge in [0.15, 0.2) is 5.65 Å². The minimum Gasteiger partial charge on any atom is -0.246 e. The van der Waals surface area contributed by atoms with E-state index in [0.29, 0.717) is 11.2 Å². The van der Waals surface area contributed by atoms with Crippen LogP contribution in [0.2, 0.25) is 0 Å². The first-order valence-corrected chi connectivity index (χ1v) is 7.54. The summed E-state index contributed by atoms with van der Waals surface area (Å²) in [6.07, 6.45) is 1.65. The molecule has 3 aromatic rings. The number of rotatable bonds is 3. The summed E-state index contributed by atoms with van der Waals surface area (Å²) in [7, 11) is -3.93. The van der Waals surface area contributed by atoms with E-state index in [9.17, 15) is 12.8 Å². The third-order valence-electron chi connectivity index (χ3n) is 2.79. The van der Waals surface area contributed by atoms with Crippen molar-refractivity contribution < 1.29 is 12.8 Å². The van der Waals surface area contributed by atoms with E-state index in [0.717, 1.165) is 6.07 Å². The molecule has 21 heavy (non-hydrogen) atoms. The second-order valence-corrected chi connectivity index (χ2v) is 6.19. The number of aromatic nitrogens is 3. The molecule has 0 saturated carbocycles. The normalized spacial score (nSPS) is 11.7. The van der Waals surface area contributed by atoms with Crippen molar-refractivity contribution in [1.29, 1.82) is 0 Å². The first-order valence-electron chi connectivity index (χ1n) is 6.05. The molecule has 0 aliphatic rings. The van der Waals surface area contributed by atoms with Crippen LogP contribution in [-0.2, 0) is 10.0 Å². The van der Waals surface area contributed by atoms with Gasteiger partial charge in [0, 0.05) is 6.20 Å². The van der Waals surface area contributed by atoms with Crippen molar-refractivity contribution >= 4 is 21.6 Å². The number of sulfonamides is 1. The molecule has 3 rings (SSSR count). The van der Waals surface area contributed by atoms with Crippen molar-refractivity contribution in [3.05, 3.63) is 54.0 Å². The molecule has 0 amide bonds. The minimum absolute atomic E-state index is 0.0666. The Hall–Kier alpha value is -2.48. The Labute approximate surface area is 120 Å². The van der Waals surface area contributed by atoms with Gasteiger partial charge in [-0.1, -0.05) is 6.07 Å². The highest BCUT2D eigenvalue weighted by Gasteiger charge is 2.18. The number of benzene rings is 1. The zero-order valence-electron chi connectivity index (χ0n) is 11.0. The van der Waals surface area contributed by atoms with Gasteiger partial charge in [0.25, 0.3) is 16.0 Å². The fourth-order valence-corrected chi connectivity index (χ4v) is 2.97. The molecule has 0 aliphatic heterocycles. The molecule has 2 aromatic heterocycles. The van der Waals surface area contributed by atoms with Crippen LogP contribution in [-0.4, -0.2) is 23.0 Å². The fourth-order valence-electron chi connectivity index (χ4n) is 1.91. The van der Waals surface area contributed by atoms with Gasteiger partial charge in [-0.2, -0.15) is 4.98 Å². The lowest BCUT2D eigenvalue weighted by Gasteiger charge is -2.05. The summed E-state index contributed by atoms with van der Waals surface area (Å²) in [6.45, 7) is 1.62. The number of nitrogens with zero attached hydrogens (tertiary/aromatic N) is 3. The quantitative estimate of drug-likeness (QED) is 0.802. The molecule has 0 bridgehead atoms. The molecule has 0 radical (unpaired) electrons. The van der Waals surface area contributed by atoms with Crippen molar-refractivity contribution in [2.75, 3.05) is 4.72 Å². The van der Waals surface area contributed by atoms with Gasteiger partial charge < -0.3 is 0 Å². The van der Waals surface area contributed by atoms with E-state index in [1.54, 1.807) is 31.3 Å². The maximum Gasteiger partial charge on any atom is 0.264 e. The average molecular weight is 306 g/mol. The van der Waals surface area contributed by atoms with Gasteiger partial charge in [0.05, 0.1) is 4.90 Å². The van der Waals surface area contributed by atoms with Gasteiger partial charge in [-0.25, -0.2) is 22.0 Å². The second kappa shape index (κ2) is 4.81. The van der Waals surface area contributed by atoms with E-state index in [-0.39, 0.29) is 10.8 Å². The van der Waals surface area contributed by atoms with Crippen LogP contribution in [0.4, 0.5) is 10.3 Å². The molecule has 0 spiro atoms. The first kappa shape index (κ1) is 13.5. The summed E-state index contributed by atoms with van der Waals surface area (Å²) in [5.74, 6) is -0.679. The molecule has 6 nitrogen and oxygen atoms in total. The Kier molecular flexibility index (Phi) is 3.09. The molecular weight excluding hydrogens is 295 g/mol. The zero-order valence-corrected chi connectivity index (χ0v) is 11.8. The molecule has 0 aliphatic carbocycles. The van der Waals surface area contributed by atoms with Gasteiger partial charge in [-0.05, 0) is 42.8 Å². The lowest BCUT2D eigenvalue weighted by Crippen LogP contribution is -2.14. The van der Waals surface area contributed by atoms with Crippen LogP contribution in [0.5, 0.6) is 0 Å². The van der Waals surface area contributed by atoms with E-state index in [1.807, 2.05) is 0 Å². The number of hydrogen-bond acceptors (Lipinski definition) is 4. The summed E-state index contributed by atoms with van der Waals surface area (Å²) < 4.78 is 41.4. The van der Waals surface area contributed by atoms with Crippen molar-refractivity contribution in [3.63, 3.8) is 0 Å². The predicted octanol–water partition coefficient (Wildman–Crippen LogP) is 1.98. The summed E-state index contributed by atoms with van der Waals surface area (Å²) in [4.78, 5) is 3.87.